The lowest BCUT2D eigenvalue weighted by Gasteiger charge is -2.20. The highest BCUT2D eigenvalue weighted by Crippen LogP contribution is 2.26. The Morgan fingerprint density at radius 2 is 1.81 bits per heavy atom. The highest BCUT2D eigenvalue weighted by molar-refractivity contribution is 5.66. The van der Waals surface area contributed by atoms with Crippen molar-refractivity contribution in [3.63, 3.8) is 0 Å². The number of carbonyl (C=O) groups is 1. The number of rotatable bonds is 5. The number of methoxy groups -OCH3 is 3. The van der Waals surface area contributed by atoms with Crippen molar-refractivity contribution in [3.05, 3.63) is 0 Å². The fraction of sp³-hybridized carbons (Fsp3) is 0.900. The van der Waals surface area contributed by atoms with E-state index in [1.807, 2.05) is 0 Å². The number of carbonyl (C=O) groups excluding carboxylic acids is 1. The number of ether oxygens (including phenoxy) is 5. The molecule has 0 bridgehead atoms. The van der Waals surface area contributed by atoms with Gasteiger partial charge in [-0.1, -0.05) is 0 Å². The zero-order valence-corrected chi connectivity index (χ0v) is 9.97. The molecular formula is C10H18O6. The largest absolute Gasteiger partial charge is 0.433 e. The van der Waals surface area contributed by atoms with Crippen molar-refractivity contribution in [2.75, 3.05) is 27.9 Å². The summed E-state index contributed by atoms with van der Waals surface area (Å²) in [5.74, 6) is -0.417. The molecule has 0 aliphatic carbocycles. The summed E-state index contributed by atoms with van der Waals surface area (Å²) < 4.78 is 26.0. The Balaban J connectivity index is 2.69. The van der Waals surface area contributed by atoms with Crippen LogP contribution in [0.15, 0.2) is 0 Å². The van der Waals surface area contributed by atoms with E-state index in [2.05, 4.69) is 0 Å². The zero-order chi connectivity index (χ0) is 12.1. The molecule has 1 fully saturated rings. The van der Waals surface area contributed by atoms with Crippen LogP contribution < -0.4 is 0 Å². The molecule has 1 heterocycles. The first-order valence-corrected chi connectivity index (χ1v) is 5.01. The SMILES string of the molecule is COC[C@H]1O[C@@H](OC(C)=O)[C@H](OC)[C@@H]1OC. The Morgan fingerprint density at radius 3 is 2.25 bits per heavy atom. The predicted molar refractivity (Wildman–Crippen MR) is 53.9 cm³/mol. The molecule has 4 atom stereocenters. The standard InChI is InChI=1S/C10H18O6/c1-6(11)15-10-9(14-4)8(13-3)7(16-10)5-12-2/h7-10H,5H2,1-4H3/t7-,8-,9-,10-/m1/s1. The van der Waals surface area contributed by atoms with E-state index in [1.165, 1.54) is 14.0 Å². The summed E-state index contributed by atoms with van der Waals surface area (Å²) in [7, 11) is 4.64. The molecule has 0 amide bonds. The van der Waals surface area contributed by atoms with Gasteiger partial charge in [0.2, 0.25) is 6.29 Å². The second-order valence-electron chi connectivity index (χ2n) is 3.51. The van der Waals surface area contributed by atoms with Gasteiger partial charge in [-0.3, -0.25) is 4.79 Å². The monoisotopic (exact) mass is 234 g/mol. The van der Waals surface area contributed by atoms with Gasteiger partial charge in [-0.25, -0.2) is 0 Å². The normalized spacial score (nSPS) is 34.0. The molecule has 0 aromatic carbocycles. The molecule has 0 aromatic heterocycles. The zero-order valence-electron chi connectivity index (χ0n) is 9.97. The van der Waals surface area contributed by atoms with E-state index in [9.17, 15) is 4.79 Å². The molecule has 6 heteroatoms. The highest BCUT2D eigenvalue weighted by atomic mass is 16.7. The Bertz CT molecular complexity index is 231. The van der Waals surface area contributed by atoms with E-state index in [1.54, 1.807) is 14.2 Å². The van der Waals surface area contributed by atoms with Crippen LogP contribution >= 0.6 is 0 Å². The fourth-order valence-electron chi connectivity index (χ4n) is 1.78. The van der Waals surface area contributed by atoms with Crippen molar-refractivity contribution in [2.24, 2.45) is 0 Å². The van der Waals surface area contributed by atoms with Crippen LogP contribution in [0.25, 0.3) is 0 Å². The molecule has 0 unspecified atom stereocenters. The van der Waals surface area contributed by atoms with E-state index in [0.717, 1.165) is 0 Å². The van der Waals surface area contributed by atoms with Gasteiger partial charge >= 0.3 is 5.97 Å². The van der Waals surface area contributed by atoms with Gasteiger partial charge in [-0.05, 0) is 0 Å². The van der Waals surface area contributed by atoms with Gasteiger partial charge in [0.1, 0.15) is 18.3 Å². The van der Waals surface area contributed by atoms with Gasteiger partial charge < -0.3 is 23.7 Å². The van der Waals surface area contributed by atoms with Crippen molar-refractivity contribution in [1.29, 1.82) is 0 Å². The Hall–Kier alpha value is -0.690. The third-order valence-corrected chi connectivity index (χ3v) is 2.42. The van der Waals surface area contributed by atoms with Crippen LogP contribution in [0.1, 0.15) is 6.92 Å². The van der Waals surface area contributed by atoms with Crippen molar-refractivity contribution >= 4 is 5.97 Å². The van der Waals surface area contributed by atoms with Crippen LogP contribution in [0.2, 0.25) is 0 Å². The average molecular weight is 234 g/mol. The van der Waals surface area contributed by atoms with Crippen LogP contribution in [0.3, 0.4) is 0 Å². The van der Waals surface area contributed by atoms with Gasteiger partial charge in [0.05, 0.1) is 6.61 Å². The van der Waals surface area contributed by atoms with Gasteiger partial charge in [-0.2, -0.15) is 0 Å². The van der Waals surface area contributed by atoms with Crippen molar-refractivity contribution in [1.82, 2.24) is 0 Å². The predicted octanol–water partition coefficient (Wildman–Crippen LogP) is -0.0492. The molecule has 1 aliphatic heterocycles. The molecule has 0 N–H and O–H groups in total. The Kier molecular flexibility index (Phi) is 5.14. The lowest BCUT2D eigenvalue weighted by Crippen LogP contribution is -2.38. The first-order valence-electron chi connectivity index (χ1n) is 5.01. The lowest BCUT2D eigenvalue weighted by atomic mass is 10.1. The van der Waals surface area contributed by atoms with Gasteiger partial charge in [0.25, 0.3) is 0 Å². The third-order valence-electron chi connectivity index (χ3n) is 2.42. The van der Waals surface area contributed by atoms with E-state index < -0.39 is 18.4 Å². The molecule has 1 saturated heterocycles. The molecule has 0 spiro atoms. The van der Waals surface area contributed by atoms with E-state index in [4.69, 9.17) is 23.7 Å². The molecular weight excluding hydrogens is 216 g/mol. The van der Waals surface area contributed by atoms with E-state index >= 15 is 0 Å². The summed E-state index contributed by atoms with van der Waals surface area (Å²) in [5, 5.41) is 0. The van der Waals surface area contributed by atoms with Crippen LogP contribution in [-0.4, -0.2) is 58.5 Å². The first-order chi connectivity index (χ1) is 7.63. The maximum Gasteiger partial charge on any atom is 0.305 e. The molecule has 0 radical (unpaired) electrons. The molecule has 0 saturated carbocycles. The van der Waals surface area contributed by atoms with Crippen molar-refractivity contribution < 1.29 is 28.5 Å². The van der Waals surface area contributed by atoms with Crippen LogP contribution in [0.4, 0.5) is 0 Å². The van der Waals surface area contributed by atoms with Crippen molar-refractivity contribution in [3.8, 4) is 0 Å². The maximum absolute atomic E-state index is 10.9. The smallest absolute Gasteiger partial charge is 0.305 e. The summed E-state index contributed by atoms with van der Waals surface area (Å²) >= 11 is 0. The Morgan fingerprint density at radius 1 is 1.19 bits per heavy atom. The second kappa shape index (κ2) is 6.15. The Labute approximate surface area is 94.7 Å². The summed E-state index contributed by atoms with van der Waals surface area (Å²) in [6.45, 7) is 1.68. The summed E-state index contributed by atoms with van der Waals surface area (Å²) in [6.07, 6.45) is -1.79. The van der Waals surface area contributed by atoms with Crippen LogP contribution in [0, 0.1) is 0 Å². The van der Waals surface area contributed by atoms with Crippen LogP contribution in [0.5, 0.6) is 0 Å². The summed E-state index contributed by atoms with van der Waals surface area (Å²) in [4.78, 5) is 10.9. The number of esters is 1. The second-order valence-corrected chi connectivity index (χ2v) is 3.51. The molecule has 16 heavy (non-hydrogen) atoms. The minimum Gasteiger partial charge on any atom is -0.433 e. The van der Waals surface area contributed by atoms with Gasteiger partial charge in [-0.15, -0.1) is 0 Å². The van der Waals surface area contributed by atoms with Gasteiger partial charge in [0, 0.05) is 28.3 Å². The lowest BCUT2D eigenvalue weighted by molar-refractivity contribution is -0.190. The molecule has 6 nitrogen and oxygen atoms in total. The van der Waals surface area contributed by atoms with E-state index in [0.29, 0.717) is 6.61 Å². The summed E-state index contributed by atoms with van der Waals surface area (Å²) in [6, 6.07) is 0. The van der Waals surface area contributed by atoms with Crippen LogP contribution in [-0.2, 0) is 28.5 Å². The molecule has 94 valence electrons. The number of hydrogen-bond acceptors (Lipinski definition) is 6. The topological polar surface area (TPSA) is 63.2 Å². The fourth-order valence-corrected chi connectivity index (χ4v) is 1.78. The molecule has 0 aromatic rings. The quantitative estimate of drug-likeness (QED) is 0.621. The van der Waals surface area contributed by atoms with E-state index in [-0.39, 0.29) is 12.2 Å². The molecule has 1 aliphatic rings. The molecule has 1 rings (SSSR count). The van der Waals surface area contributed by atoms with Gasteiger partial charge in [0.15, 0.2) is 0 Å². The van der Waals surface area contributed by atoms with Crippen molar-refractivity contribution in [2.45, 2.75) is 31.5 Å². The maximum atomic E-state index is 10.9. The minimum absolute atomic E-state index is 0.302. The highest BCUT2D eigenvalue weighted by Gasteiger charge is 2.47. The minimum atomic E-state index is -0.743. The average Bonchev–Trinajstić information content (AvgIpc) is 2.54. The third kappa shape index (κ3) is 2.91. The number of hydrogen-bond donors (Lipinski definition) is 0. The first kappa shape index (κ1) is 13.4. The summed E-state index contributed by atoms with van der Waals surface area (Å²) in [5.41, 5.74) is 0.